The van der Waals surface area contributed by atoms with Gasteiger partial charge in [0.15, 0.2) is 5.58 Å². The highest BCUT2D eigenvalue weighted by Crippen LogP contribution is 2.66. The van der Waals surface area contributed by atoms with Crippen molar-refractivity contribution in [2.75, 3.05) is 13.1 Å². The van der Waals surface area contributed by atoms with Gasteiger partial charge in [0.05, 0.1) is 11.1 Å². The molecule has 28 heavy (non-hydrogen) atoms. The summed E-state index contributed by atoms with van der Waals surface area (Å²) in [5.74, 6) is 0.803. The number of carbonyl (C=O) groups excluding carboxylic acids is 1. The fraction of sp³-hybridized carbons (Fsp3) is 0.565. The third-order valence-corrected chi connectivity index (χ3v) is 7.93. The number of fused-ring (bicyclic) bond motifs is 3. The molecule has 3 fully saturated rings. The molecule has 2 saturated carbocycles. The largest absolute Gasteiger partial charge is 0.356 e. The second kappa shape index (κ2) is 5.91. The Morgan fingerprint density at radius 3 is 2.71 bits per heavy atom. The molecule has 5 heteroatoms. The lowest BCUT2D eigenvalue weighted by atomic mass is 9.68. The van der Waals surface area contributed by atoms with E-state index in [1.54, 1.807) is 6.07 Å². The molecule has 0 unspecified atom stereocenters. The summed E-state index contributed by atoms with van der Waals surface area (Å²) < 4.78 is 18.7. The zero-order chi connectivity index (χ0) is 19.7. The van der Waals surface area contributed by atoms with Gasteiger partial charge in [-0.2, -0.15) is 0 Å². The molecule has 0 spiro atoms. The van der Waals surface area contributed by atoms with Crippen LogP contribution in [0.1, 0.15) is 57.6 Å². The number of aromatic nitrogens is 1. The van der Waals surface area contributed by atoms with Crippen LogP contribution >= 0.6 is 0 Å². The first-order valence-corrected chi connectivity index (χ1v) is 10.4. The fourth-order valence-corrected chi connectivity index (χ4v) is 6.01. The summed E-state index contributed by atoms with van der Waals surface area (Å²) in [4.78, 5) is 15.6. The molecule has 4 nitrogen and oxygen atoms in total. The Balaban J connectivity index is 1.32. The monoisotopic (exact) mass is 382 g/mol. The maximum Gasteiger partial charge on any atom is 0.232 e. The van der Waals surface area contributed by atoms with Crippen LogP contribution in [-0.4, -0.2) is 29.1 Å². The van der Waals surface area contributed by atoms with Crippen LogP contribution in [0.5, 0.6) is 0 Å². The van der Waals surface area contributed by atoms with Crippen molar-refractivity contribution >= 4 is 16.9 Å². The first kappa shape index (κ1) is 17.9. The van der Waals surface area contributed by atoms with Crippen molar-refractivity contribution in [2.45, 2.75) is 51.9 Å². The molecular formula is C23H27FN2O2. The smallest absolute Gasteiger partial charge is 0.232 e. The summed E-state index contributed by atoms with van der Waals surface area (Å²) in [6.45, 7) is 10.3. The molecule has 3 aliphatic rings. The van der Waals surface area contributed by atoms with Crippen LogP contribution in [0.3, 0.4) is 0 Å². The molecule has 1 amide bonds. The van der Waals surface area contributed by atoms with Gasteiger partial charge >= 0.3 is 0 Å². The summed E-state index contributed by atoms with van der Waals surface area (Å²) >= 11 is 0. The molecule has 1 aromatic carbocycles. The van der Waals surface area contributed by atoms with E-state index in [0.717, 1.165) is 61.8 Å². The molecule has 0 N–H and O–H groups in total. The molecule has 1 saturated heterocycles. The molecule has 5 rings (SSSR count). The van der Waals surface area contributed by atoms with Crippen LogP contribution in [-0.2, 0) is 4.79 Å². The number of nitrogens with zero attached hydrogens (tertiary/aromatic N) is 2. The summed E-state index contributed by atoms with van der Waals surface area (Å²) in [5, 5.41) is 5.10. The molecule has 148 valence electrons. The number of halogens is 1. The highest BCUT2D eigenvalue weighted by atomic mass is 19.1. The summed E-state index contributed by atoms with van der Waals surface area (Å²) in [6, 6.07) is 4.58. The molecule has 1 aromatic heterocycles. The van der Waals surface area contributed by atoms with Crippen molar-refractivity contribution in [2.24, 2.45) is 16.7 Å². The molecule has 2 heterocycles. The van der Waals surface area contributed by atoms with E-state index in [2.05, 4.69) is 25.6 Å². The highest BCUT2D eigenvalue weighted by Gasteiger charge is 2.61. The number of amides is 1. The quantitative estimate of drug-likeness (QED) is 0.683. The Kier molecular flexibility index (Phi) is 3.78. The van der Waals surface area contributed by atoms with Crippen LogP contribution in [0.15, 0.2) is 34.9 Å². The SMILES string of the molecule is C=C1C(C)(C)[C@@H]2CC[C@]1(C(=O)N1CCC(c3noc4cc(F)ccc34)CC1)C2. The summed E-state index contributed by atoms with van der Waals surface area (Å²) in [6.07, 6.45) is 4.78. The number of carbonyl (C=O) groups is 1. The Morgan fingerprint density at radius 2 is 2.04 bits per heavy atom. The van der Waals surface area contributed by atoms with Gasteiger partial charge in [-0.15, -0.1) is 0 Å². The van der Waals surface area contributed by atoms with E-state index in [4.69, 9.17) is 4.52 Å². The van der Waals surface area contributed by atoms with Gasteiger partial charge in [-0.05, 0) is 55.6 Å². The molecule has 2 aliphatic carbocycles. The Labute approximate surface area is 164 Å². The van der Waals surface area contributed by atoms with Gasteiger partial charge in [-0.3, -0.25) is 4.79 Å². The maximum atomic E-state index is 13.5. The van der Waals surface area contributed by atoms with Gasteiger partial charge in [0.2, 0.25) is 5.91 Å². The van der Waals surface area contributed by atoms with Gasteiger partial charge < -0.3 is 9.42 Å². The molecule has 1 aliphatic heterocycles. The number of likely N-dealkylation sites (tertiary alicyclic amines) is 1. The average Bonchev–Trinajstić information content (AvgIpc) is 3.36. The summed E-state index contributed by atoms with van der Waals surface area (Å²) in [5.41, 5.74) is 2.27. The van der Waals surface area contributed by atoms with E-state index < -0.39 is 0 Å². The predicted molar refractivity (Wildman–Crippen MR) is 105 cm³/mol. The average molecular weight is 382 g/mol. The number of hydrogen-bond acceptors (Lipinski definition) is 3. The van der Waals surface area contributed by atoms with E-state index in [1.165, 1.54) is 12.1 Å². The van der Waals surface area contributed by atoms with E-state index in [9.17, 15) is 9.18 Å². The van der Waals surface area contributed by atoms with Gasteiger partial charge in [0.25, 0.3) is 0 Å². The topological polar surface area (TPSA) is 46.3 Å². The minimum Gasteiger partial charge on any atom is -0.356 e. The third kappa shape index (κ3) is 2.34. The van der Waals surface area contributed by atoms with Gasteiger partial charge in [0, 0.05) is 30.5 Å². The molecule has 2 aromatic rings. The van der Waals surface area contributed by atoms with Crippen LogP contribution in [0, 0.1) is 22.6 Å². The Morgan fingerprint density at radius 1 is 1.29 bits per heavy atom. The van der Waals surface area contributed by atoms with E-state index in [-0.39, 0.29) is 28.5 Å². The lowest BCUT2D eigenvalue weighted by molar-refractivity contribution is -0.140. The number of piperidine rings is 1. The minimum absolute atomic E-state index is 0.0706. The minimum atomic E-state index is -0.334. The number of benzene rings is 1. The van der Waals surface area contributed by atoms with Crippen LogP contribution < -0.4 is 0 Å². The first-order chi connectivity index (χ1) is 13.3. The van der Waals surface area contributed by atoms with Crippen LogP contribution in [0.4, 0.5) is 4.39 Å². The van der Waals surface area contributed by atoms with E-state index in [1.807, 2.05) is 4.90 Å². The first-order valence-electron chi connectivity index (χ1n) is 10.4. The maximum absolute atomic E-state index is 13.5. The summed E-state index contributed by atoms with van der Waals surface area (Å²) in [7, 11) is 0. The molecule has 0 radical (unpaired) electrons. The van der Waals surface area contributed by atoms with Gasteiger partial charge in [0.1, 0.15) is 5.82 Å². The lowest BCUT2D eigenvalue weighted by Gasteiger charge is -2.41. The lowest BCUT2D eigenvalue weighted by Crippen LogP contribution is -2.47. The Hall–Kier alpha value is -2.17. The fourth-order valence-electron chi connectivity index (χ4n) is 6.01. The molecular weight excluding hydrogens is 355 g/mol. The predicted octanol–water partition coefficient (Wildman–Crippen LogP) is 5.06. The second-order valence-electron chi connectivity index (χ2n) is 9.50. The van der Waals surface area contributed by atoms with Gasteiger partial charge in [-0.25, -0.2) is 4.39 Å². The zero-order valence-electron chi connectivity index (χ0n) is 16.6. The molecule has 2 bridgehead atoms. The van der Waals surface area contributed by atoms with Crippen molar-refractivity contribution in [3.05, 3.63) is 41.9 Å². The standard InChI is InChI=1S/C23H27FN2O2/c1-14-22(2,3)16-6-9-23(14,13-16)21(27)26-10-7-15(8-11-26)20-18-5-4-17(24)12-19(18)28-25-20/h4-5,12,15-16H,1,6-11,13H2,2-3H3/t16-,23+/m1/s1. The van der Waals surface area contributed by atoms with Crippen molar-refractivity contribution in [1.82, 2.24) is 10.1 Å². The number of rotatable bonds is 2. The zero-order valence-corrected chi connectivity index (χ0v) is 16.6. The van der Waals surface area contributed by atoms with E-state index >= 15 is 0 Å². The third-order valence-electron chi connectivity index (χ3n) is 7.93. The van der Waals surface area contributed by atoms with Crippen molar-refractivity contribution < 1.29 is 13.7 Å². The number of hydrogen-bond donors (Lipinski definition) is 0. The second-order valence-corrected chi connectivity index (χ2v) is 9.50. The molecule has 2 atom stereocenters. The highest BCUT2D eigenvalue weighted by molar-refractivity contribution is 5.88. The van der Waals surface area contributed by atoms with Crippen LogP contribution in [0.25, 0.3) is 11.0 Å². The van der Waals surface area contributed by atoms with Crippen molar-refractivity contribution in [1.29, 1.82) is 0 Å². The van der Waals surface area contributed by atoms with Gasteiger partial charge in [-0.1, -0.05) is 31.2 Å². The Bertz CT molecular complexity index is 970. The van der Waals surface area contributed by atoms with Crippen molar-refractivity contribution in [3.8, 4) is 0 Å². The van der Waals surface area contributed by atoms with Crippen LogP contribution in [0.2, 0.25) is 0 Å². The van der Waals surface area contributed by atoms with Crippen molar-refractivity contribution in [3.63, 3.8) is 0 Å². The normalized spacial score (nSPS) is 29.8. The van der Waals surface area contributed by atoms with E-state index in [0.29, 0.717) is 11.5 Å².